The average Bonchev–Trinajstić information content (AvgIpc) is 2.47. The zero-order chi connectivity index (χ0) is 16.3. The van der Waals surface area contributed by atoms with E-state index in [4.69, 9.17) is 11.6 Å². The number of aliphatic carboxylic acids is 1. The third-order valence-electron chi connectivity index (χ3n) is 3.88. The van der Waals surface area contributed by atoms with E-state index in [1.807, 2.05) is 0 Å². The molecule has 1 aromatic rings. The van der Waals surface area contributed by atoms with Crippen molar-refractivity contribution in [3.05, 3.63) is 38.9 Å². The van der Waals surface area contributed by atoms with Crippen LogP contribution in [0.3, 0.4) is 0 Å². The van der Waals surface area contributed by atoms with Crippen molar-refractivity contribution in [1.82, 2.24) is 5.32 Å². The van der Waals surface area contributed by atoms with Gasteiger partial charge >= 0.3 is 5.97 Å². The molecule has 118 valence electrons. The summed E-state index contributed by atoms with van der Waals surface area (Å²) in [4.78, 5) is 33.9. The molecule has 8 heteroatoms. The van der Waals surface area contributed by atoms with Crippen LogP contribution in [-0.4, -0.2) is 27.4 Å². The Morgan fingerprint density at radius 3 is 2.41 bits per heavy atom. The van der Waals surface area contributed by atoms with Crippen LogP contribution in [0.15, 0.2) is 18.2 Å². The van der Waals surface area contributed by atoms with E-state index >= 15 is 0 Å². The number of benzene rings is 1. The molecule has 0 aromatic heterocycles. The van der Waals surface area contributed by atoms with Crippen molar-refractivity contribution in [3.63, 3.8) is 0 Å². The van der Waals surface area contributed by atoms with Gasteiger partial charge in [-0.15, -0.1) is 0 Å². The number of non-ortho nitro benzene ring substituents is 1. The van der Waals surface area contributed by atoms with Crippen LogP contribution in [0.1, 0.15) is 42.5 Å². The number of nitro benzene ring substituents is 1. The molecule has 1 aromatic carbocycles. The first-order valence-corrected chi connectivity index (χ1v) is 7.23. The van der Waals surface area contributed by atoms with Crippen LogP contribution in [0.25, 0.3) is 0 Å². The van der Waals surface area contributed by atoms with Gasteiger partial charge in [-0.25, -0.2) is 4.79 Å². The molecule has 0 radical (unpaired) electrons. The fourth-order valence-corrected chi connectivity index (χ4v) is 2.89. The molecule has 0 bridgehead atoms. The summed E-state index contributed by atoms with van der Waals surface area (Å²) in [5.41, 5.74) is -1.49. The topological polar surface area (TPSA) is 110 Å². The van der Waals surface area contributed by atoms with Crippen molar-refractivity contribution < 1.29 is 19.6 Å². The normalized spacial score (nSPS) is 16.8. The van der Waals surface area contributed by atoms with Gasteiger partial charge in [0.1, 0.15) is 5.54 Å². The molecule has 22 heavy (non-hydrogen) atoms. The summed E-state index contributed by atoms with van der Waals surface area (Å²) in [6.45, 7) is 0. The Bertz CT molecular complexity index is 626. The van der Waals surface area contributed by atoms with Gasteiger partial charge in [0.15, 0.2) is 0 Å². The monoisotopic (exact) mass is 326 g/mol. The lowest BCUT2D eigenvalue weighted by atomic mass is 9.81. The molecule has 1 aliphatic rings. The molecule has 2 rings (SSSR count). The second kappa shape index (κ2) is 6.31. The van der Waals surface area contributed by atoms with Gasteiger partial charge in [0, 0.05) is 12.1 Å². The van der Waals surface area contributed by atoms with Gasteiger partial charge in [0.25, 0.3) is 11.6 Å². The number of rotatable bonds is 4. The second-order valence-corrected chi connectivity index (χ2v) is 5.73. The Morgan fingerprint density at radius 1 is 1.27 bits per heavy atom. The number of hydrogen-bond acceptors (Lipinski definition) is 4. The summed E-state index contributed by atoms with van der Waals surface area (Å²) in [5.74, 6) is -1.71. The highest BCUT2D eigenvalue weighted by Crippen LogP contribution is 2.30. The summed E-state index contributed by atoms with van der Waals surface area (Å²) in [6.07, 6.45) is 3.10. The largest absolute Gasteiger partial charge is 0.480 e. The minimum atomic E-state index is -1.29. The van der Waals surface area contributed by atoms with E-state index in [-0.39, 0.29) is 16.3 Å². The number of carbonyl (C=O) groups is 2. The zero-order valence-corrected chi connectivity index (χ0v) is 12.4. The third-order valence-corrected chi connectivity index (χ3v) is 4.19. The lowest BCUT2D eigenvalue weighted by molar-refractivity contribution is -0.384. The van der Waals surface area contributed by atoms with Gasteiger partial charge in [0.2, 0.25) is 0 Å². The maximum absolute atomic E-state index is 12.3. The Hall–Kier alpha value is -2.15. The maximum atomic E-state index is 12.3. The predicted molar refractivity (Wildman–Crippen MR) is 79.0 cm³/mol. The van der Waals surface area contributed by atoms with Crippen molar-refractivity contribution in [3.8, 4) is 0 Å². The fraction of sp³-hybridized carbons (Fsp3) is 0.429. The number of carbonyl (C=O) groups excluding carboxylic acids is 1. The Kier molecular flexibility index (Phi) is 4.65. The molecule has 0 heterocycles. The summed E-state index contributed by atoms with van der Waals surface area (Å²) >= 11 is 5.90. The van der Waals surface area contributed by atoms with Crippen molar-refractivity contribution in [1.29, 1.82) is 0 Å². The van der Waals surface area contributed by atoms with Crippen molar-refractivity contribution in [2.45, 2.75) is 37.6 Å². The van der Waals surface area contributed by atoms with E-state index in [0.29, 0.717) is 12.8 Å². The third kappa shape index (κ3) is 3.19. The molecule has 1 saturated carbocycles. The van der Waals surface area contributed by atoms with Crippen LogP contribution < -0.4 is 5.32 Å². The molecule has 2 N–H and O–H groups in total. The highest BCUT2D eigenvalue weighted by atomic mass is 35.5. The number of nitrogens with one attached hydrogen (secondary N) is 1. The molecule has 0 unspecified atom stereocenters. The second-order valence-electron chi connectivity index (χ2n) is 5.32. The van der Waals surface area contributed by atoms with Crippen molar-refractivity contribution in [2.24, 2.45) is 0 Å². The highest BCUT2D eigenvalue weighted by Gasteiger charge is 2.41. The standard InChI is InChI=1S/C14H15ClN2O5/c15-11-8-9(17(21)22)4-5-10(11)12(18)16-14(13(19)20)6-2-1-3-7-14/h4-5,8H,1-3,6-7H2,(H,16,18)(H,19,20). The molecular weight excluding hydrogens is 312 g/mol. The SMILES string of the molecule is O=C(NC1(C(=O)O)CCCCC1)c1ccc([N+](=O)[O-])cc1Cl. The Morgan fingerprint density at radius 2 is 1.91 bits per heavy atom. The number of carboxylic acid groups (broad SMARTS) is 1. The Labute approximate surface area is 131 Å². The summed E-state index contributed by atoms with van der Waals surface area (Å²) in [7, 11) is 0. The number of halogens is 1. The van der Waals surface area contributed by atoms with Crippen LogP contribution in [0, 0.1) is 10.1 Å². The van der Waals surface area contributed by atoms with E-state index < -0.39 is 22.3 Å². The van der Waals surface area contributed by atoms with Gasteiger partial charge in [-0.05, 0) is 18.9 Å². The maximum Gasteiger partial charge on any atom is 0.329 e. The highest BCUT2D eigenvalue weighted by molar-refractivity contribution is 6.34. The zero-order valence-electron chi connectivity index (χ0n) is 11.7. The number of nitro groups is 1. The van der Waals surface area contributed by atoms with Crippen LogP contribution in [0.2, 0.25) is 5.02 Å². The van der Waals surface area contributed by atoms with Crippen LogP contribution in [0.4, 0.5) is 5.69 Å². The molecule has 0 atom stereocenters. The minimum absolute atomic E-state index is 0.0264. The average molecular weight is 327 g/mol. The fourth-order valence-electron chi connectivity index (χ4n) is 2.63. The number of carboxylic acids is 1. The van der Waals surface area contributed by atoms with Gasteiger partial charge in [-0.2, -0.15) is 0 Å². The Balaban J connectivity index is 2.24. The molecule has 0 spiro atoms. The summed E-state index contributed by atoms with van der Waals surface area (Å²) in [6, 6.07) is 3.47. The van der Waals surface area contributed by atoms with Gasteiger partial charge < -0.3 is 10.4 Å². The summed E-state index contributed by atoms with van der Waals surface area (Å²) in [5, 5.41) is 22.6. The predicted octanol–water partition coefficient (Wildman–Crippen LogP) is 2.77. The first kappa shape index (κ1) is 16.2. The molecule has 0 aliphatic heterocycles. The molecule has 7 nitrogen and oxygen atoms in total. The van der Waals surface area contributed by atoms with E-state index in [9.17, 15) is 24.8 Å². The number of amides is 1. The number of nitrogens with zero attached hydrogens (tertiary/aromatic N) is 1. The van der Waals surface area contributed by atoms with Gasteiger partial charge in [0.05, 0.1) is 15.5 Å². The molecular formula is C14H15ClN2O5. The van der Waals surface area contributed by atoms with Crippen LogP contribution in [-0.2, 0) is 4.79 Å². The smallest absolute Gasteiger partial charge is 0.329 e. The first-order valence-electron chi connectivity index (χ1n) is 6.85. The van der Waals surface area contributed by atoms with E-state index in [1.165, 1.54) is 6.07 Å². The van der Waals surface area contributed by atoms with Crippen LogP contribution >= 0.6 is 11.6 Å². The first-order chi connectivity index (χ1) is 10.4. The van der Waals surface area contributed by atoms with Gasteiger partial charge in [-0.3, -0.25) is 14.9 Å². The quantitative estimate of drug-likeness (QED) is 0.653. The van der Waals surface area contributed by atoms with Gasteiger partial charge in [-0.1, -0.05) is 30.9 Å². The minimum Gasteiger partial charge on any atom is -0.480 e. The lowest BCUT2D eigenvalue weighted by Gasteiger charge is -2.34. The van der Waals surface area contributed by atoms with Crippen LogP contribution in [0.5, 0.6) is 0 Å². The summed E-state index contributed by atoms with van der Waals surface area (Å²) < 4.78 is 0. The molecule has 1 amide bonds. The molecule has 1 fully saturated rings. The van der Waals surface area contributed by atoms with E-state index in [0.717, 1.165) is 31.4 Å². The van der Waals surface area contributed by atoms with E-state index in [2.05, 4.69) is 5.32 Å². The van der Waals surface area contributed by atoms with E-state index in [1.54, 1.807) is 0 Å². The van der Waals surface area contributed by atoms with Crippen molar-refractivity contribution >= 4 is 29.2 Å². The lowest BCUT2D eigenvalue weighted by Crippen LogP contribution is -2.55. The molecule has 1 aliphatic carbocycles. The number of hydrogen-bond donors (Lipinski definition) is 2. The molecule has 0 saturated heterocycles. The van der Waals surface area contributed by atoms with Crippen molar-refractivity contribution in [2.75, 3.05) is 0 Å².